The predicted octanol–water partition coefficient (Wildman–Crippen LogP) is 15.1. The minimum absolute atomic E-state index is 0.182. The topological polar surface area (TPSA) is 108 Å². The number of likely N-dealkylation sites (N-methyl/N-ethyl adjacent to an activating group) is 1. The molecule has 0 bridgehead atoms. The average Bonchev–Trinajstić information content (AvgIpc) is 3.28. The van der Waals surface area contributed by atoms with Gasteiger partial charge in [-0.1, -0.05) is 189 Å². The average molecular weight is 927 g/mol. The molecule has 0 heterocycles. The summed E-state index contributed by atoms with van der Waals surface area (Å²) < 4.78 is 22.8. The van der Waals surface area contributed by atoms with Crippen molar-refractivity contribution >= 4 is 17.9 Å². The van der Waals surface area contributed by atoms with Crippen LogP contribution in [-0.4, -0.2) is 87.4 Å². The molecule has 66 heavy (non-hydrogen) atoms. The van der Waals surface area contributed by atoms with Gasteiger partial charge in [-0.3, -0.25) is 9.59 Å². The smallest absolute Gasteiger partial charge is 0.361 e. The van der Waals surface area contributed by atoms with Gasteiger partial charge in [-0.2, -0.15) is 0 Å². The standard InChI is InChI=1S/C57H99NO8/c1-6-8-10-12-14-16-18-20-22-24-26-27-28-29-30-32-34-36-38-40-42-44-46-48-55(60)66-53(52-65-57(56(61)62)63-50-49-58(3,4)5)51-64-54(59)47-45-43-41-39-37-35-33-31-25-23-21-19-17-15-13-11-9-7-2/h8,10,14,16,20,22-23,25-27,29-30,53,57H,6-7,9,11-13,15,17-19,21,24,28,31-52H2,1-5H3/p+1/b10-8-,16-14-,22-20-,25-23-,27-26-,30-29-. The molecule has 0 saturated carbocycles. The van der Waals surface area contributed by atoms with Gasteiger partial charge in [-0.15, -0.1) is 0 Å². The first kappa shape index (κ1) is 62.7. The molecule has 0 radical (unpaired) electrons. The van der Waals surface area contributed by atoms with Crippen molar-refractivity contribution in [2.45, 2.75) is 225 Å². The highest BCUT2D eigenvalue weighted by atomic mass is 16.7. The van der Waals surface area contributed by atoms with Gasteiger partial charge in [0.1, 0.15) is 13.2 Å². The quantitative estimate of drug-likeness (QED) is 0.0211. The van der Waals surface area contributed by atoms with E-state index in [4.69, 9.17) is 18.9 Å². The number of carbonyl (C=O) groups is 3. The maximum absolute atomic E-state index is 12.8. The maximum Gasteiger partial charge on any atom is 0.361 e. The molecule has 0 aliphatic heterocycles. The summed E-state index contributed by atoms with van der Waals surface area (Å²) >= 11 is 0. The predicted molar refractivity (Wildman–Crippen MR) is 276 cm³/mol. The fourth-order valence-electron chi connectivity index (χ4n) is 7.09. The van der Waals surface area contributed by atoms with Gasteiger partial charge < -0.3 is 28.5 Å². The van der Waals surface area contributed by atoms with E-state index in [1.165, 1.54) is 103 Å². The van der Waals surface area contributed by atoms with Crippen LogP contribution in [-0.2, 0) is 33.3 Å². The summed E-state index contributed by atoms with van der Waals surface area (Å²) in [7, 11) is 5.95. The van der Waals surface area contributed by atoms with Crippen LogP contribution in [0.3, 0.4) is 0 Å². The van der Waals surface area contributed by atoms with Crippen molar-refractivity contribution in [1.29, 1.82) is 0 Å². The van der Waals surface area contributed by atoms with Crippen LogP contribution in [0, 0.1) is 0 Å². The Morgan fingerprint density at radius 3 is 1.30 bits per heavy atom. The van der Waals surface area contributed by atoms with Crippen LogP contribution >= 0.6 is 0 Å². The molecular weight excluding hydrogens is 827 g/mol. The number of quaternary nitrogens is 1. The van der Waals surface area contributed by atoms with E-state index in [0.717, 1.165) is 77.0 Å². The number of unbranched alkanes of at least 4 members (excludes halogenated alkanes) is 21. The second-order valence-electron chi connectivity index (χ2n) is 18.8. The van der Waals surface area contributed by atoms with Gasteiger partial charge in [0, 0.05) is 12.8 Å². The fourth-order valence-corrected chi connectivity index (χ4v) is 7.09. The Morgan fingerprint density at radius 2 is 0.864 bits per heavy atom. The molecule has 0 fully saturated rings. The number of carboxylic acid groups (broad SMARTS) is 1. The van der Waals surface area contributed by atoms with Gasteiger partial charge in [0.05, 0.1) is 34.4 Å². The van der Waals surface area contributed by atoms with E-state index >= 15 is 0 Å². The Bertz CT molecular complexity index is 1310. The van der Waals surface area contributed by atoms with Gasteiger partial charge in [0.25, 0.3) is 6.29 Å². The third-order valence-corrected chi connectivity index (χ3v) is 11.2. The molecule has 0 rings (SSSR count). The van der Waals surface area contributed by atoms with Crippen LogP contribution in [0.2, 0.25) is 0 Å². The zero-order valence-corrected chi connectivity index (χ0v) is 43.1. The van der Waals surface area contributed by atoms with E-state index < -0.39 is 24.3 Å². The highest BCUT2D eigenvalue weighted by Crippen LogP contribution is 2.14. The number of allylic oxidation sites excluding steroid dienone is 12. The lowest BCUT2D eigenvalue weighted by Crippen LogP contribution is -2.40. The molecule has 1 N–H and O–H groups in total. The minimum Gasteiger partial charge on any atom is -0.477 e. The molecule has 380 valence electrons. The van der Waals surface area contributed by atoms with Crippen molar-refractivity contribution in [2.24, 2.45) is 0 Å². The molecule has 0 saturated heterocycles. The number of carboxylic acids is 1. The van der Waals surface area contributed by atoms with E-state index in [1.807, 2.05) is 21.1 Å². The van der Waals surface area contributed by atoms with Crippen LogP contribution in [0.1, 0.15) is 213 Å². The molecule has 0 aromatic heterocycles. The van der Waals surface area contributed by atoms with Crippen molar-refractivity contribution < 1.29 is 42.9 Å². The molecule has 9 heteroatoms. The van der Waals surface area contributed by atoms with Crippen molar-refractivity contribution in [2.75, 3.05) is 47.5 Å². The van der Waals surface area contributed by atoms with Crippen LogP contribution in [0.15, 0.2) is 72.9 Å². The highest BCUT2D eigenvalue weighted by molar-refractivity contribution is 5.71. The lowest BCUT2D eigenvalue weighted by Gasteiger charge is -2.25. The first-order chi connectivity index (χ1) is 32.1. The van der Waals surface area contributed by atoms with Gasteiger partial charge in [-0.25, -0.2) is 4.79 Å². The van der Waals surface area contributed by atoms with E-state index in [0.29, 0.717) is 23.9 Å². The molecule has 0 aliphatic carbocycles. The number of hydrogen-bond donors (Lipinski definition) is 1. The first-order valence-corrected chi connectivity index (χ1v) is 26.6. The largest absolute Gasteiger partial charge is 0.477 e. The second kappa shape index (κ2) is 48.2. The van der Waals surface area contributed by atoms with Gasteiger partial charge in [0.15, 0.2) is 6.10 Å². The summed E-state index contributed by atoms with van der Waals surface area (Å²) in [6, 6.07) is 0. The number of hydrogen-bond acceptors (Lipinski definition) is 7. The fraction of sp³-hybridized carbons (Fsp3) is 0.737. The molecule has 0 amide bonds. The summed E-state index contributed by atoms with van der Waals surface area (Å²) in [6.07, 6.45) is 58.2. The summed E-state index contributed by atoms with van der Waals surface area (Å²) in [5, 5.41) is 9.68. The van der Waals surface area contributed by atoms with Crippen LogP contribution < -0.4 is 0 Å². The molecule has 2 unspecified atom stereocenters. The Kier molecular flexibility index (Phi) is 45.8. The van der Waals surface area contributed by atoms with E-state index in [-0.39, 0.29) is 32.2 Å². The number of carbonyl (C=O) groups excluding carboxylic acids is 2. The van der Waals surface area contributed by atoms with E-state index in [9.17, 15) is 19.5 Å². The third kappa shape index (κ3) is 48.7. The summed E-state index contributed by atoms with van der Waals surface area (Å²) in [5.74, 6) is -2.03. The zero-order valence-electron chi connectivity index (χ0n) is 43.1. The Labute approximate surface area is 405 Å². The molecule has 2 atom stereocenters. The lowest BCUT2D eigenvalue weighted by atomic mass is 10.1. The molecule has 0 spiro atoms. The van der Waals surface area contributed by atoms with Gasteiger partial charge >= 0.3 is 17.9 Å². The number of nitrogens with zero attached hydrogens (tertiary/aromatic N) is 1. The van der Waals surface area contributed by atoms with E-state index in [2.05, 4.69) is 86.8 Å². The number of rotatable bonds is 48. The van der Waals surface area contributed by atoms with Crippen LogP contribution in [0.25, 0.3) is 0 Å². The van der Waals surface area contributed by atoms with Crippen molar-refractivity contribution in [3.8, 4) is 0 Å². The van der Waals surface area contributed by atoms with Gasteiger partial charge in [-0.05, 0) is 83.5 Å². The molecular formula is C57H100NO8+. The summed E-state index contributed by atoms with van der Waals surface area (Å²) in [5.41, 5.74) is 0. The van der Waals surface area contributed by atoms with Crippen molar-refractivity contribution in [3.63, 3.8) is 0 Å². The Balaban J connectivity index is 4.36. The SMILES string of the molecule is CC/C=C\C/C=C\C/C=C\C/C=C\C/C=C\CCCCCCCCCC(=O)OC(COC(=O)CCCCCCCCC/C=C\CCCCCCCCC)COC(OCC[N+](C)(C)C)C(=O)O. The summed E-state index contributed by atoms with van der Waals surface area (Å²) in [6.45, 7) is 4.74. The molecule has 0 aromatic rings. The van der Waals surface area contributed by atoms with Crippen LogP contribution in [0.4, 0.5) is 0 Å². The molecule has 9 nitrogen and oxygen atoms in total. The summed E-state index contributed by atoms with van der Waals surface area (Å²) in [4.78, 5) is 37.3. The third-order valence-electron chi connectivity index (χ3n) is 11.2. The van der Waals surface area contributed by atoms with Crippen LogP contribution in [0.5, 0.6) is 0 Å². The van der Waals surface area contributed by atoms with Crippen molar-refractivity contribution in [3.05, 3.63) is 72.9 Å². The Morgan fingerprint density at radius 1 is 0.470 bits per heavy atom. The second-order valence-corrected chi connectivity index (χ2v) is 18.8. The minimum atomic E-state index is -1.52. The monoisotopic (exact) mass is 927 g/mol. The first-order valence-electron chi connectivity index (χ1n) is 26.6. The highest BCUT2D eigenvalue weighted by Gasteiger charge is 2.25. The number of aliphatic carboxylic acids is 1. The normalized spacial score (nSPS) is 13.4. The number of esters is 2. The van der Waals surface area contributed by atoms with Gasteiger partial charge in [0.2, 0.25) is 0 Å². The molecule has 0 aliphatic rings. The maximum atomic E-state index is 12.8. The molecule has 0 aromatic carbocycles. The number of ether oxygens (including phenoxy) is 4. The van der Waals surface area contributed by atoms with E-state index in [1.54, 1.807) is 0 Å². The lowest BCUT2D eigenvalue weighted by molar-refractivity contribution is -0.870. The Hall–Kier alpha value is -3.27. The zero-order chi connectivity index (χ0) is 48.4. The van der Waals surface area contributed by atoms with Crippen molar-refractivity contribution in [1.82, 2.24) is 0 Å².